The Balaban J connectivity index is 0.000000357. The maximum absolute atomic E-state index is 12.5. The van der Waals surface area contributed by atoms with E-state index in [4.69, 9.17) is 42.6 Å². The van der Waals surface area contributed by atoms with E-state index < -0.39 is 47.8 Å². The number of aryl methyl sites for hydroxylation is 5. The van der Waals surface area contributed by atoms with Gasteiger partial charge in [-0.2, -0.15) is 0 Å². The maximum Gasteiger partial charge on any atom is 0.336 e. The van der Waals surface area contributed by atoms with E-state index in [-0.39, 0.29) is 48.7 Å². The van der Waals surface area contributed by atoms with E-state index in [9.17, 15) is 58.8 Å². The fourth-order valence-corrected chi connectivity index (χ4v) is 11.5. The standard InChI is InChI=1S/C39H44O11.C39H44O10/c1-8-32(40)47-16-10-12-18-49-36-23(3)20-29(38(42)43)34(25(36)5)27-14-15-28(31(22-27)46-7)35-26(6)37(24(4)21-30(35)39(44)45)50-19-13-11-17-48-33(41)9-2;1-8-32(40)46-16-10-12-18-48-36-24(4)21-30(38(42)43)34(26(36)6)28-14-15-29(23(3)20-28)35-27(7)37(25(5)22-31(35)39(44)45)49-19-13-11-17-47-33(41)9-2/h8-9,14-15,20-22H,1-2,10-13,16-19H2,3-7H3,(H,42,43)(H,44,45);8-9,14-15,20-22H,1-2,10-13,16-19H2,3-7H3,(H,42,43)(H,44,45). The lowest BCUT2D eigenvalue weighted by Gasteiger charge is -2.21. The van der Waals surface area contributed by atoms with Gasteiger partial charge in [0.2, 0.25) is 0 Å². The molecule has 6 rings (SSSR count). The van der Waals surface area contributed by atoms with Gasteiger partial charge in [-0.05, 0) is 211 Å². The molecule has 6 aromatic carbocycles. The van der Waals surface area contributed by atoms with Crippen LogP contribution in [0.15, 0.2) is 111 Å². The van der Waals surface area contributed by atoms with E-state index in [2.05, 4.69) is 26.3 Å². The molecule has 0 aromatic heterocycles. The lowest BCUT2D eigenvalue weighted by atomic mass is 9.86. The summed E-state index contributed by atoms with van der Waals surface area (Å²) in [7, 11) is 1.46. The smallest absolute Gasteiger partial charge is 0.336 e. The quantitative estimate of drug-likeness (QED) is 0.0122. The van der Waals surface area contributed by atoms with E-state index in [0.29, 0.717) is 196 Å². The molecule has 99 heavy (non-hydrogen) atoms. The third kappa shape index (κ3) is 21.0. The number of hydrogen-bond acceptors (Lipinski definition) is 17. The number of esters is 4. The lowest BCUT2D eigenvalue weighted by molar-refractivity contribution is -0.138. The second-order valence-corrected chi connectivity index (χ2v) is 23.2. The van der Waals surface area contributed by atoms with Crippen molar-refractivity contribution in [2.45, 2.75) is 114 Å². The van der Waals surface area contributed by atoms with Crippen LogP contribution in [0, 0.1) is 62.3 Å². The van der Waals surface area contributed by atoms with Gasteiger partial charge in [-0.25, -0.2) is 38.4 Å². The fraction of sp³-hybridized carbons (Fsp3) is 0.333. The topological polar surface area (TPSA) is 301 Å². The van der Waals surface area contributed by atoms with Crippen molar-refractivity contribution in [3.63, 3.8) is 0 Å². The second kappa shape index (κ2) is 38.1. The van der Waals surface area contributed by atoms with Crippen molar-refractivity contribution in [3.05, 3.63) is 184 Å². The maximum atomic E-state index is 12.5. The van der Waals surface area contributed by atoms with Crippen LogP contribution in [0.4, 0.5) is 0 Å². The van der Waals surface area contributed by atoms with Gasteiger partial charge in [0.25, 0.3) is 0 Å². The molecular weight excluding hydrogens is 1270 g/mol. The lowest BCUT2D eigenvalue weighted by Crippen LogP contribution is -2.09. The van der Waals surface area contributed by atoms with Crippen LogP contribution in [0.25, 0.3) is 44.5 Å². The molecule has 0 aliphatic heterocycles. The minimum Gasteiger partial charge on any atom is -0.496 e. The van der Waals surface area contributed by atoms with Gasteiger partial charge in [0.05, 0.1) is 82.2 Å². The zero-order valence-corrected chi connectivity index (χ0v) is 58.0. The summed E-state index contributed by atoms with van der Waals surface area (Å²) in [5.74, 6) is -3.79. The number of aromatic carboxylic acids is 4. The monoisotopic (exact) mass is 1360 g/mol. The summed E-state index contributed by atoms with van der Waals surface area (Å²) in [6, 6.07) is 16.9. The number of carbonyl (C=O) groups is 8. The van der Waals surface area contributed by atoms with Crippen LogP contribution >= 0.6 is 0 Å². The first kappa shape index (κ1) is 78.7. The van der Waals surface area contributed by atoms with Crippen LogP contribution in [-0.4, -0.2) is 128 Å². The Morgan fingerprint density at radius 3 is 0.859 bits per heavy atom. The van der Waals surface area contributed by atoms with E-state index >= 15 is 0 Å². The molecule has 21 heteroatoms. The first-order valence-corrected chi connectivity index (χ1v) is 32.2. The van der Waals surface area contributed by atoms with Gasteiger partial charge >= 0.3 is 47.8 Å². The minimum absolute atomic E-state index is 0.0578. The van der Waals surface area contributed by atoms with Gasteiger partial charge in [-0.15, -0.1) is 0 Å². The zero-order chi connectivity index (χ0) is 73.2. The predicted octanol–water partition coefficient (Wildman–Crippen LogP) is 15.2. The van der Waals surface area contributed by atoms with Crippen LogP contribution in [-0.2, 0) is 38.1 Å². The van der Waals surface area contributed by atoms with Crippen LogP contribution < -0.4 is 23.7 Å². The molecule has 0 aliphatic carbocycles. The molecule has 21 nitrogen and oxygen atoms in total. The largest absolute Gasteiger partial charge is 0.496 e. The van der Waals surface area contributed by atoms with Crippen molar-refractivity contribution in [2.24, 2.45) is 0 Å². The molecule has 0 spiro atoms. The summed E-state index contributed by atoms with van der Waals surface area (Å²) >= 11 is 0. The molecular formula is C78H88O21. The Labute approximate surface area is 577 Å². The highest BCUT2D eigenvalue weighted by molar-refractivity contribution is 6.03. The average molecular weight is 1360 g/mol. The van der Waals surface area contributed by atoms with Crippen LogP contribution in [0.1, 0.15) is 143 Å². The van der Waals surface area contributed by atoms with Gasteiger partial charge < -0.3 is 63.1 Å². The average Bonchev–Trinajstić information content (AvgIpc) is 0.768. The van der Waals surface area contributed by atoms with Crippen molar-refractivity contribution >= 4 is 47.8 Å². The Morgan fingerprint density at radius 1 is 0.333 bits per heavy atom. The zero-order valence-electron chi connectivity index (χ0n) is 58.0. The first-order valence-electron chi connectivity index (χ1n) is 32.2. The fourth-order valence-electron chi connectivity index (χ4n) is 11.5. The number of benzene rings is 6. The molecule has 0 saturated carbocycles. The Bertz CT molecular complexity index is 4040. The van der Waals surface area contributed by atoms with Crippen molar-refractivity contribution in [3.8, 4) is 73.3 Å². The summed E-state index contributed by atoms with van der Waals surface area (Å²) in [5, 5.41) is 40.7. The van der Waals surface area contributed by atoms with Crippen LogP contribution in [0.2, 0.25) is 0 Å². The number of ether oxygens (including phenoxy) is 9. The summed E-state index contributed by atoms with van der Waals surface area (Å²) in [5.41, 5.74) is 10.5. The molecule has 0 aliphatic rings. The number of hydrogen-bond donors (Lipinski definition) is 4. The molecule has 0 fully saturated rings. The third-order valence-electron chi connectivity index (χ3n) is 16.1. The van der Waals surface area contributed by atoms with Crippen molar-refractivity contribution < 1.29 is 101 Å². The molecule has 0 radical (unpaired) electrons. The third-order valence-corrected chi connectivity index (χ3v) is 16.1. The van der Waals surface area contributed by atoms with Gasteiger partial charge in [0.1, 0.15) is 28.7 Å². The van der Waals surface area contributed by atoms with Crippen molar-refractivity contribution in [2.75, 3.05) is 60.0 Å². The predicted molar refractivity (Wildman–Crippen MR) is 375 cm³/mol. The van der Waals surface area contributed by atoms with E-state index in [0.717, 1.165) is 29.9 Å². The second-order valence-electron chi connectivity index (χ2n) is 23.2. The van der Waals surface area contributed by atoms with Crippen LogP contribution in [0.5, 0.6) is 28.7 Å². The van der Waals surface area contributed by atoms with E-state index in [1.807, 2.05) is 32.9 Å². The Morgan fingerprint density at radius 2 is 0.586 bits per heavy atom. The van der Waals surface area contributed by atoms with Crippen molar-refractivity contribution in [1.82, 2.24) is 0 Å². The number of unbranched alkanes of at least 4 members (excludes halogenated alkanes) is 4. The van der Waals surface area contributed by atoms with Crippen molar-refractivity contribution in [1.29, 1.82) is 0 Å². The SMILES string of the molecule is C=CC(=O)OCCCCOc1c(C)cc(C(=O)O)c(-c2ccc(-c3c(C(=O)O)cc(C)c(OCCCCOC(=O)C=C)c3C)c(C)c2)c1C.C=CC(=O)OCCCCOc1c(C)cc(C(=O)O)c(-c2ccc(-c3c(C(=O)O)cc(C)c(OCCCCOC(=O)C=C)c3C)c(OC)c2)c1C. The Hall–Kier alpha value is -11.0. The number of carbonyl (C=O) groups excluding carboxylic acids is 4. The number of methoxy groups -OCH3 is 1. The van der Waals surface area contributed by atoms with Gasteiger partial charge in [-0.3, -0.25) is 0 Å². The molecule has 0 heterocycles. The number of carboxylic acid groups (broad SMARTS) is 4. The number of rotatable bonds is 37. The molecule has 0 amide bonds. The van der Waals surface area contributed by atoms with E-state index in [1.165, 1.54) is 7.11 Å². The highest BCUT2D eigenvalue weighted by atomic mass is 16.5. The molecule has 0 unspecified atom stereocenters. The molecule has 526 valence electrons. The normalized spacial score (nSPS) is 10.6. The minimum atomic E-state index is -1.13. The van der Waals surface area contributed by atoms with E-state index in [1.54, 1.807) is 90.1 Å². The molecule has 4 N–H and O–H groups in total. The molecule has 6 aromatic rings. The molecule has 0 saturated heterocycles. The summed E-state index contributed by atoms with van der Waals surface area (Å²) in [6.45, 7) is 32.0. The van der Waals surface area contributed by atoms with Gasteiger partial charge in [0, 0.05) is 57.7 Å². The molecule has 0 atom stereocenters. The van der Waals surface area contributed by atoms with Gasteiger partial charge in [-0.1, -0.05) is 50.6 Å². The highest BCUT2D eigenvalue weighted by Crippen LogP contribution is 2.46. The number of carboxylic acids is 4. The Kier molecular flexibility index (Phi) is 30.3. The first-order chi connectivity index (χ1) is 47.2. The van der Waals surface area contributed by atoms with Crippen LogP contribution in [0.3, 0.4) is 0 Å². The molecule has 0 bridgehead atoms. The summed E-state index contributed by atoms with van der Waals surface area (Å²) < 4.78 is 50.3. The van der Waals surface area contributed by atoms with Gasteiger partial charge in [0.15, 0.2) is 0 Å². The summed E-state index contributed by atoms with van der Waals surface area (Å²) in [4.78, 5) is 94.9. The highest BCUT2D eigenvalue weighted by Gasteiger charge is 2.28. The summed E-state index contributed by atoms with van der Waals surface area (Å²) in [6.07, 6.45) is 9.19.